The molecule has 4 amide bonds. The Kier molecular flexibility index (Phi) is 13.6. The number of aromatic nitrogens is 2. The number of nitrogens with zero attached hydrogens (tertiary/aromatic N) is 3. The summed E-state index contributed by atoms with van der Waals surface area (Å²) in [5, 5.41) is 5.10. The molecular weight excluding hydrogens is 857 g/mol. The number of sulfonamides is 1. The van der Waals surface area contributed by atoms with Crippen LogP contribution in [0.1, 0.15) is 91.2 Å². The Hall–Kier alpha value is -4.79. The van der Waals surface area contributed by atoms with E-state index in [0.29, 0.717) is 49.2 Å². The van der Waals surface area contributed by atoms with Crippen molar-refractivity contribution in [1.29, 1.82) is 0 Å². The van der Waals surface area contributed by atoms with Gasteiger partial charge in [-0.2, -0.15) is 13.2 Å². The summed E-state index contributed by atoms with van der Waals surface area (Å²) in [4.78, 5) is 67.7. The Balaban J connectivity index is 1.40. The van der Waals surface area contributed by atoms with Crippen molar-refractivity contribution >= 4 is 44.9 Å². The van der Waals surface area contributed by atoms with E-state index in [1.54, 1.807) is 30.4 Å². The van der Waals surface area contributed by atoms with Crippen molar-refractivity contribution in [3.63, 3.8) is 0 Å². The summed E-state index contributed by atoms with van der Waals surface area (Å²) in [5.74, 6) is -4.11. The molecule has 0 radical (unpaired) electrons. The fourth-order valence-electron chi connectivity index (χ4n) is 8.17. The number of alkyl carbamates (subject to hydrolysis) is 1. The number of halogens is 4. The quantitative estimate of drug-likeness (QED) is 0.190. The van der Waals surface area contributed by atoms with Crippen molar-refractivity contribution in [2.75, 3.05) is 34.0 Å². The van der Waals surface area contributed by atoms with Crippen molar-refractivity contribution in [2.45, 2.75) is 126 Å². The fourth-order valence-corrected chi connectivity index (χ4v) is 9.60. The minimum Gasteiger partial charge on any atom is -0.497 e. The Morgan fingerprint density at radius 1 is 1.08 bits per heavy atom. The van der Waals surface area contributed by atoms with E-state index in [-0.39, 0.29) is 63.0 Å². The number of rotatable bonds is 12. The zero-order valence-electron chi connectivity index (χ0n) is 36.3. The van der Waals surface area contributed by atoms with E-state index in [1.807, 2.05) is 25.5 Å². The second-order valence-electron chi connectivity index (χ2n) is 18.0. The maximum atomic E-state index is 15.1. The van der Waals surface area contributed by atoms with Gasteiger partial charge in [-0.3, -0.25) is 19.1 Å². The minimum absolute atomic E-state index is 0.00974. The summed E-state index contributed by atoms with van der Waals surface area (Å²) in [5.41, 5.74) is -3.32. The normalized spacial score (nSPS) is 28.2. The second kappa shape index (κ2) is 18.0. The van der Waals surface area contributed by atoms with Crippen LogP contribution in [0.2, 0.25) is 0 Å². The number of methoxy groups -OCH3 is 2. The zero-order chi connectivity index (χ0) is 46.3. The van der Waals surface area contributed by atoms with Crippen LogP contribution in [0.25, 0.3) is 11.0 Å². The number of ether oxygens (including phenoxy) is 4. The van der Waals surface area contributed by atoms with Crippen LogP contribution in [0.4, 0.5) is 22.4 Å². The van der Waals surface area contributed by atoms with E-state index in [9.17, 15) is 40.4 Å². The number of hydrogen-bond donors (Lipinski definition) is 3. The summed E-state index contributed by atoms with van der Waals surface area (Å²) in [6.07, 6.45) is -2.96. The highest BCUT2D eigenvalue weighted by molar-refractivity contribution is 7.91. The van der Waals surface area contributed by atoms with Crippen molar-refractivity contribution < 1.29 is 64.1 Å². The van der Waals surface area contributed by atoms with E-state index >= 15 is 4.79 Å². The molecule has 2 aromatic rings. The van der Waals surface area contributed by atoms with Gasteiger partial charge in [-0.05, 0) is 70.4 Å². The number of nitrogens with one attached hydrogen (secondary N) is 3. The number of carbonyl (C=O) groups excluding carboxylic acids is 4. The van der Waals surface area contributed by atoms with Crippen LogP contribution in [0, 0.1) is 17.8 Å². The summed E-state index contributed by atoms with van der Waals surface area (Å²) >= 11 is 0. The first-order chi connectivity index (χ1) is 29.5. The molecular formula is C42H56F4N6O10S. The Morgan fingerprint density at radius 2 is 1.79 bits per heavy atom. The lowest BCUT2D eigenvalue weighted by molar-refractivity contribution is -0.244. The van der Waals surface area contributed by atoms with E-state index in [1.165, 1.54) is 14.2 Å². The van der Waals surface area contributed by atoms with Crippen LogP contribution in [0.3, 0.4) is 0 Å². The van der Waals surface area contributed by atoms with Crippen LogP contribution >= 0.6 is 0 Å². The van der Waals surface area contributed by atoms with Crippen LogP contribution in [-0.2, 0) is 33.9 Å². The average Bonchev–Trinajstić information content (AvgIpc) is 4.11. The molecule has 0 spiro atoms. The van der Waals surface area contributed by atoms with Crippen molar-refractivity contribution in [3.05, 3.63) is 36.0 Å². The molecule has 3 N–H and O–H groups in total. The summed E-state index contributed by atoms with van der Waals surface area (Å²) in [6.45, 7) is 5.33. The third kappa shape index (κ3) is 9.98. The highest BCUT2D eigenvalue weighted by atomic mass is 32.2. The van der Waals surface area contributed by atoms with Gasteiger partial charge in [0.05, 0.1) is 31.3 Å². The molecule has 3 heterocycles. The molecule has 4 aliphatic rings. The SMILES string of the molecule is COC[C@@H]1C[C@H](C)CC/C=C\[C@@H]2C[C@@]2(C(=O)NS(=O)(=O)C2(CF)CC2)NC(=O)[C@@H]2C[C@@H](Oc3nc4cc(OC)ccc4nc3C(C)C)CN2C(=O)[C@H]1NC(=O)OC(C)(C)C(F)(F)F. The number of carbonyl (C=O) groups is 4. The van der Waals surface area contributed by atoms with Crippen LogP contribution in [0.5, 0.6) is 11.6 Å². The lowest BCUT2D eigenvalue weighted by Crippen LogP contribution is -2.60. The molecule has 1 saturated heterocycles. The standard InChI is InChI=1S/C42H56F4N6O10S/c1-23(2)32-35(48-30-17-27(60-7)12-13-29(30)47-32)61-28-18-31-34(53)50-41(37(55)51-63(57,58)40(22-43)14-15-40)19-26(41)11-9-8-10-24(3)16-25(21-59-6)33(36(54)52(31)20-28)49-38(56)62-39(4,5)42(44,45)46/h9,11-13,17,23-26,28,31,33H,8,10,14-16,18-22H2,1-7H3,(H,49,56)(H,50,53)(H,51,55)/b11-9-/t24-,25+,26-,28-,31+,33+,41-/m1/s1. The molecule has 3 fully saturated rings. The van der Waals surface area contributed by atoms with E-state index in [2.05, 4.69) is 10.6 Å². The molecule has 1 aromatic carbocycles. The molecule has 2 aliphatic carbocycles. The molecule has 348 valence electrons. The van der Waals surface area contributed by atoms with Gasteiger partial charge in [0.15, 0.2) is 0 Å². The average molecular weight is 913 g/mol. The summed E-state index contributed by atoms with van der Waals surface area (Å²) < 4.78 is 105. The predicted octanol–water partition coefficient (Wildman–Crippen LogP) is 5.01. The number of fused-ring (bicyclic) bond motifs is 3. The van der Waals surface area contributed by atoms with Crippen LogP contribution in [0.15, 0.2) is 30.4 Å². The van der Waals surface area contributed by atoms with Crippen molar-refractivity contribution in [3.8, 4) is 11.6 Å². The van der Waals surface area contributed by atoms with Crippen LogP contribution < -0.4 is 24.8 Å². The maximum absolute atomic E-state index is 15.1. The van der Waals surface area contributed by atoms with Gasteiger partial charge in [-0.1, -0.05) is 32.9 Å². The van der Waals surface area contributed by atoms with Crippen LogP contribution in [-0.4, -0.2) is 121 Å². The van der Waals surface area contributed by atoms with Gasteiger partial charge in [-0.15, -0.1) is 0 Å². The number of benzene rings is 1. The second-order valence-corrected chi connectivity index (χ2v) is 20.1. The van der Waals surface area contributed by atoms with Gasteiger partial charge >= 0.3 is 12.3 Å². The van der Waals surface area contributed by atoms with E-state index in [0.717, 1.165) is 4.90 Å². The molecule has 0 unspecified atom stereocenters. The number of amides is 4. The maximum Gasteiger partial charge on any atom is 0.427 e. The van der Waals surface area contributed by atoms with Gasteiger partial charge in [0.25, 0.3) is 5.91 Å². The first-order valence-electron chi connectivity index (χ1n) is 21.0. The Morgan fingerprint density at radius 3 is 2.41 bits per heavy atom. The predicted molar refractivity (Wildman–Crippen MR) is 220 cm³/mol. The largest absolute Gasteiger partial charge is 0.497 e. The van der Waals surface area contributed by atoms with E-state index < -0.39 is 92.6 Å². The first-order valence-corrected chi connectivity index (χ1v) is 22.5. The van der Waals surface area contributed by atoms with Gasteiger partial charge in [-0.25, -0.2) is 27.6 Å². The monoisotopic (exact) mass is 912 g/mol. The third-order valence-corrected chi connectivity index (χ3v) is 14.6. The lowest BCUT2D eigenvalue weighted by Gasteiger charge is -2.35. The van der Waals surface area contributed by atoms with Crippen molar-refractivity contribution in [1.82, 2.24) is 30.2 Å². The molecule has 7 atom stereocenters. The lowest BCUT2D eigenvalue weighted by atomic mass is 9.87. The minimum atomic E-state index is -4.97. The molecule has 16 nitrogen and oxygen atoms in total. The van der Waals surface area contributed by atoms with E-state index in [4.69, 9.17) is 28.9 Å². The van der Waals surface area contributed by atoms with Crippen molar-refractivity contribution in [2.24, 2.45) is 17.8 Å². The number of alkyl halides is 4. The Labute approximate surface area is 363 Å². The highest BCUT2D eigenvalue weighted by Crippen LogP contribution is 2.48. The molecule has 63 heavy (non-hydrogen) atoms. The van der Waals surface area contributed by atoms with Gasteiger partial charge < -0.3 is 34.5 Å². The molecule has 2 aliphatic heterocycles. The molecule has 21 heteroatoms. The first kappa shape index (κ1) is 47.7. The molecule has 2 saturated carbocycles. The zero-order valence-corrected chi connectivity index (χ0v) is 37.2. The molecule has 0 bridgehead atoms. The molecule has 6 rings (SSSR count). The molecule has 1 aromatic heterocycles. The number of allylic oxidation sites excluding steroid dienone is 1. The smallest absolute Gasteiger partial charge is 0.427 e. The highest BCUT2D eigenvalue weighted by Gasteiger charge is 2.64. The topological polar surface area (TPSA) is 204 Å². The Bertz CT molecular complexity index is 2220. The number of hydrogen-bond acceptors (Lipinski definition) is 12. The van der Waals surface area contributed by atoms with Gasteiger partial charge in [0, 0.05) is 37.4 Å². The third-order valence-electron chi connectivity index (χ3n) is 12.5. The summed E-state index contributed by atoms with van der Waals surface area (Å²) in [6, 6.07) is 2.08. The van der Waals surface area contributed by atoms with Gasteiger partial charge in [0.1, 0.15) is 46.6 Å². The summed E-state index contributed by atoms with van der Waals surface area (Å²) in [7, 11) is -1.63. The fraction of sp³-hybridized carbons (Fsp3) is 0.667. The van der Waals surface area contributed by atoms with Gasteiger partial charge in [0.2, 0.25) is 33.3 Å².